The first-order valence-corrected chi connectivity index (χ1v) is 6.11. The average Bonchev–Trinajstić information content (AvgIpc) is 2.72. The number of nitrogens with zero attached hydrogens (tertiary/aromatic N) is 2. The van der Waals surface area contributed by atoms with Gasteiger partial charge in [0.2, 0.25) is 0 Å². The normalized spacial score (nSPS) is 13.0. The van der Waals surface area contributed by atoms with Crippen molar-refractivity contribution in [3.05, 3.63) is 24.9 Å². The molecule has 0 spiro atoms. The Morgan fingerprint density at radius 2 is 2.20 bits per heavy atom. The Labute approximate surface area is 93.7 Å². The lowest BCUT2D eigenvalue weighted by Crippen LogP contribution is -2.04. The van der Waals surface area contributed by atoms with Crippen molar-refractivity contribution in [2.24, 2.45) is 0 Å². The first kappa shape index (κ1) is 12.3. The fourth-order valence-corrected chi connectivity index (χ4v) is 1.60. The van der Waals surface area contributed by atoms with Gasteiger partial charge in [-0.05, 0) is 32.3 Å². The van der Waals surface area contributed by atoms with Gasteiger partial charge in [0.25, 0.3) is 0 Å². The average molecular weight is 207 g/mol. The van der Waals surface area contributed by atoms with Gasteiger partial charge in [0.05, 0.1) is 5.69 Å². The van der Waals surface area contributed by atoms with Crippen molar-refractivity contribution in [3.8, 4) is 0 Å². The fourth-order valence-electron chi connectivity index (χ4n) is 1.60. The smallest absolute Gasteiger partial charge is 0.0624 e. The highest BCUT2D eigenvalue weighted by molar-refractivity contribution is 4.99. The zero-order chi connectivity index (χ0) is 11.1. The number of hydrogen-bond donors (Lipinski definition) is 0. The molecule has 1 heterocycles. The molecule has 0 aliphatic carbocycles. The molecule has 2 nitrogen and oxygen atoms in total. The zero-order valence-electron chi connectivity index (χ0n) is 10.1. The van der Waals surface area contributed by atoms with Gasteiger partial charge in [-0.3, -0.25) is 4.68 Å². The molecule has 0 fully saturated rings. The number of aromatic nitrogens is 2. The number of hydrogen-bond acceptors (Lipinski definition) is 1. The van der Waals surface area contributed by atoms with Crippen LogP contribution in [-0.2, 0) is 6.42 Å². The first-order chi connectivity index (χ1) is 7.27. The van der Waals surface area contributed by atoms with Crippen molar-refractivity contribution < 1.29 is 0 Å². The van der Waals surface area contributed by atoms with Crippen LogP contribution in [-0.4, -0.2) is 9.78 Å². The molecule has 0 aliphatic rings. The summed E-state index contributed by atoms with van der Waals surface area (Å²) in [7, 11) is 0. The van der Waals surface area contributed by atoms with Crippen molar-refractivity contribution in [1.29, 1.82) is 0 Å². The summed E-state index contributed by atoms with van der Waals surface area (Å²) in [5.41, 5.74) is 1.24. The summed E-state index contributed by atoms with van der Waals surface area (Å²) in [6, 6.07) is 2.68. The summed E-state index contributed by atoms with van der Waals surface area (Å²) in [5, 5.41) is 4.58. The molecule has 0 saturated heterocycles. The van der Waals surface area contributed by atoms with Gasteiger partial charge in [0.1, 0.15) is 0 Å². The lowest BCUT2D eigenvalue weighted by atomic mass is 10.1. The standard InChI is InChI=1S/C13H23N2/c1-4-6-7-8-9-13-10-11-15(14-13)12(3)5-2/h10-12H,1,4-9H2,2-3H3. The molecule has 0 amide bonds. The Balaban J connectivity index is 2.33. The molecule has 85 valence electrons. The van der Waals surface area contributed by atoms with Crippen LogP contribution >= 0.6 is 0 Å². The molecule has 0 aliphatic heterocycles. The minimum atomic E-state index is 0.526. The first-order valence-electron chi connectivity index (χ1n) is 6.11. The monoisotopic (exact) mass is 207 g/mol. The van der Waals surface area contributed by atoms with Gasteiger partial charge in [-0.1, -0.05) is 33.1 Å². The van der Waals surface area contributed by atoms with Gasteiger partial charge < -0.3 is 0 Å². The number of unbranched alkanes of at least 4 members (excludes halogenated alkanes) is 3. The summed E-state index contributed by atoms with van der Waals surface area (Å²) in [5.74, 6) is 0. The van der Waals surface area contributed by atoms with Crippen molar-refractivity contribution >= 4 is 0 Å². The molecule has 1 atom stereocenters. The van der Waals surface area contributed by atoms with Crippen molar-refractivity contribution in [3.63, 3.8) is 0 Å². The van der Waals surface area contributed by atoms with Gasteiger partial charge in [0, 0.05) is 12.2 Å². The Morgan fingerprint density at radius 1 is 1.40 bits per heavy atom. The molecule has 1 aromatic rings. The SMILES string of the molecule is [CH2]CCCCCc1ccn(C(C)CC)n1. The van der Waals surface area contributed by atoms with Crippen LogP contribution in [0.1, 0.15) is 57.7 Å². The summed E-state index contributed by atoms with van der Waals surface area (Å²) in [6.07, 6.45) is 9.18. The minimum Gasteiger partial charge on any atom is -0.270 e. The Kier molecular flexibility index (Phi) is 5.44. The maximum atomic E-state index is 4.58. The van der Waals surface area contributed by atoms with Gasteiger partial charge in [-0.2, -0.15) is 5.10 Å². The zero-order valence-corrected chi connectivity index (χ0v) is 10.1. The van der Waals surface area contributed by atoms with E-state index in [4.69, 9.17) is 0 Å². The highest BCUT2D eigenvalue weighted by atomic mass is 15.3. The summed E-state index contributed by atoms with van der Waals surface area (Å²) in [6.45, 7) is 8.25. The lowest BCUT2D eigenvalue weighted by Gasteiger charge is -2.08. The maximum absolute atomic E-state index is 4.58. The maximum Gasteiger partial charge on any atom is 0.0624 e. The van der Waals surface area contributed by atoms with E-state index in [1.54, 1.807) is 0 Å². The van der Waals surface area contributed by atoms with E-state index in [0.29, 0.717) is 6.04 Å². The lowest BCUT2D eigenvalue weighted by molar-refractivity contribution is 0.472. The highest BCUT2D eigenvalue weighted by Crippen LogP contribution is 2.11. The van der Waals surface area contributed by atoms with Crippen LogP contribution in [0.25, 0.3) is 0 Å². The van der Waals surface area contributed by atoms with E-state index >= 15 is 0 Å². The molecule has 0 bridgehead atoms. The Bertz CT molecular complexity index is 265. The fraction of sp³-hybridized carbons (Fsp3) is 0.692. The quantitative estimate of drug-likeness (QED) is 0.622. The Morgan fingerprint density at radius 3 is 2.87 bits per heavy atom. The number of rotatable bonds is 7. The van der Waals surface area contributed by atoms with E-state index in [0.717, 1.165) is 19.3 Å². The second-order valence-electron chi connectivity index (χ2n) is 4.21. The molecule has 0 N–H and O–H groups in total. The molecule has 1 radical (unpaired) electrons. The van der Waals surface area contributed by atoms with E-state index in [1.807, 2.05) is 0 Å². The van der Waals surface area contributed by atoms with Crippen molar-refractivity contribution in [1.82, 2.24) is 9.78 Å². The molecule has 1 aromatic heterocycles. The molecule has 15 heavy (non-hydrogen) atoms. The van der Waals surface area contributed by atoms with Crippen LogP contribution in [0.15, 0.2) is 12.3 Å². The van der Waals surface area contributed by atoms with Crippen molar-refractivity contribution in [2.75, 3.05) is 0 Å². The second kappa shape index (κ2) is 6.65. The predicted octanol–water partition coefficient (Wildman–Crippen LogP) is 3.79. The largest absolute Gasteiger partial charge is 0.270 e. The number of aryl methyl sites for hydroxylation is 1. The topological polar surface area (TPSA) is 17.8 Å². The van der Waals surface area contributed by atoms with Crippen LogP contribution in [0.2, 0.25) is 0 Å². The van der Waals surface area contributed by atoms with Crippen molar-refractivity contribution in [2.45, 2.75) is 58.4 Å². The molecule has 0 aromatic carbocycles. The van der Waals surface area contributed by atoms with E-state index in [-0.39, 0.29) is 0 Å². The second-order valence-corrected chi connectivity index (χ2v) is 4.21. The van der Waals surface area contributed by atoms with Crippen LogP contribution in [0, 0.1) is 6.92 Å². The van der Waals surface area contributed by atoms with Gasteiger partial charge >= 0.3 is 0 Å². The van der Waals surface area contributed by atoms with E-state index in [9.17, 15) is 0 Å². The molecule has 1 unspecified atom stereocenters. The summed E-state index contributed by atoms with van der Waals surface area (Å²) in [4.78, 5) is 0. The van der Waals surface area contributed by atoms with E-state index in [2.05, 4.69) is 42.8 Å². The third-order valence-electron chi connectivity index (χ3n) is 2.89. The third kappa shape index (κ3) is 4.06. The van der Waals surface area contributed by atoms with Crippen LogP contribution in [0.3, 0.4) is 0 Å². The molecule has 1 rings (SSSR count). The van der Waals surface area contributed by atoms with Gasteiger partial charge in [0.15, 0.2) is 0 Å². The molecular formula is C13H23N2. The molecule has 2 heteroatoms. The van der Waals surface area contributed by atoms with Gasteiger partial charge in [-0.15, -0.1) is 0 Å². The van der Waals surface area contributed by atoms with Crippen LogP contribution in [0.5, 0.6) is 0 Å². The van der Waals surface area contributed by atoms with E-state index < -0.39 is 0 Å². The van der Waals surface area contributed by atoms with E-state index in [1.165, 1.54) is 25.0 Å². The predicted molar refractivity (Wildman–Crippen MR) is 64.8 cm³/mol. The minimum absolute atomic E-state index is 0.526. The Hall–Kier alpha value is -0.790. The van der Waals surface area contributed by atoms with Crippen LogP contribution in [0.4, 0.5) is 0 Å². The summed E-state index contributed by atoms with van der Waals surface area (Å²) >= 11 is 0. The molecular weight excluding hydrogens is 184 g/mol. The van der Waals surface area contributed by atoms with Crippen LogP contribution < -0.4 is 0 Å². The van der Waals surface area contributed by atoms with Gasteiger partial charge in [-0.25, -0.2) is 0 Å². The third-order valence-corrected chi connectivity index (χ3v) is 2.89. The summed E-state index contributed by atoms with van der Waals surface area (Å²) < 4.78 is 2.08. The molecule has 0 saturated carbocycles. The highest BCUT2D eigenvalue weighted by Gasteiger charge is 2.03.